The van der Waals surface area contributed by atoms with Gasteiger partial charge in [-0.05, 0) is 62.9 Å². The Labute approximate surface area is 191 Å². The van der Waals surface area contributed by atoms with Crippen LogP contribution in [0.1, 0.15) is 46.4 Å². The standard InChI is InChI=1S/C23H28N2O6S/c1-23(2,3)31-22(29)25-11-9-18-16(13-25)12-19(32-18)21(28)24-10-8-15-4-6-17(7-5-15)30-14-20(26)27/h4-7,12H,8-11,13-14H2,1-3H3,(H,24,28)(H,26,27). The van der Waals surface area contributed by atoms with Crippen molar-refractivity contribution in [3.05, 3.63) is 51.2 Å². The van der Waals surface area contributed by atoms with Gasteiger partial charge in [0.15, 0.2) is 6.61 Å². The van der Waals surface area contributed by atoms with E-state index in [2.05, 4.69) is 5.32 Å². The van der Waals surface area contributed by atoms with Crippen LogP contribution in [0.5, 0.6) is 5.75 Å². The maximum Gasteiger partial charge on any atom is 0.410 e. The Morgan fingerprint density at radius 3 is 2.56 bits per heavy atom. The number of hydrogen-bond acceptors (Lipinski definition) is 6. The summed E-state index contributed by atoms with van der Waals surface area (Å²) in [5.74, 6) is -0.663. The summed E-state index contributed by atoms with van der Waals surface area (Å²) in [6.07, 6.45) is 1.02. The molecule has 0 aliphatic carbocycles. The molecule has 9 heteroatoms. The van der Waals surface area contributed by atoms with Gasteiger partial charge in [-0.1, -0.05) is 12.1 Å². The molecule has 0 bridgehead atoms. The zero-order valence-electron chi connectivity index (χ0n) is 18.5. The molecular formula is C23H28N2O6S. The molecular weight excluding hydrogens is 432 g/mol. The van der Waals surface area contributed by atoms with Gasteiger partial charge in [-0.25, -0.2) is 9.59 Å². The molecule has 1 aliphatic rings. The highest BCUT2D eigenvalue weighted by atomic mass is 32.1. The first-order valence-corrected chi connectivity index (χ1v) is 11.2. The van der Waals surface area contributed by atoms with E-state index >= 15 is 0 Å². The van der Waals surface area contributed by atoms with Gasteiger partial charge in [-0.15, -0.1) is 11.3 Å². The number of carboxylic acids is 1. The molecule has 2 N–H and O–H groups in total. The highest BCUT2D eigenvalue weighted by molar-refractivity contribution is 7.14. The first kappa shape index (κ1) is 23.6. The topological polar surface area (TPSA) is 105 Å². The molecule has 2 heterocycles. The van der Waals surface area contributed by atoms with Gasteiger partial charge in [0, 0.05) is 18.0 Å². The van der Waals surface area contributed by atoms with E-state index < -0.39 is 11.6 Å². The number of nitrogens with one attached hydrogen (secondary N) is 1. The Hall–Kier alpha value is -3.07. The SMILES string of the molecule is CC(C)(C)OC(=O)N1CCc2sc(C(=O)NCCc3ccc(OCC(=O)O)cc3)cc2C1. The van der Waals surface area contributed by atoms with E-state index in [0.29, 0.717) is 43.1 Å². The van der Waals surface area contributed by atoms with Crippen molar-refractivity contribution in [2.75, 3.05) is 19.7 Å². The van der Waals surface area contributed by atoms with Crippen LogP contribution in [-0.4, -0.2) is 53.3 Å². The first-order valence-electron chi connectivity index (χ1n) is 10.4. The fourth-order valence-electron chi connectivity index (χ4n) is 3.23. The summed E-state index contributed by atoms with van der Waals surface area (Å²) in [7, 11) is 0. The number of amides is 2. The molecule has 2 amide bonds. The summed E-state index contributed by atoms with van der Waals surface area (Å²) in [5.41, 5.74) is 1.46. The van der Waals surface area contributed by atoms with Crippen molar-refractivity contribution in [3.8, 4) is 5.75 Å². The Morgan fingerprint density at radius 1 is 1.19 bits per heavy atom. The third-order valence-electron chi connectivity index (χ3n) is 4.73. The molecule has 0 saturated heterocycles. The molecule has 1 aliphatic heterocycles. The minimum absolute atomic E-state index is 0.130. The van der Waals surface area contributed by atoms with Gasteiger partial charge in [-0.3, -0.25) is 4.79 Å². The van der Waals surface area contributed by atoms with E-state index in [9.17, 15) is 14.4 Å². The van der Waals surface area contributed by atoms with Crippen molar-refractivity contribution >= 4 is 29.3 Å². The average molecular weight is 461 g/mol. The molecule has 0 radical (unpaired) electrons. The van der Waals surface area contributed by atoms with Crippen LogP contribution in [0, 0.1) is 0 Å². The van der Waals surface area contributed by atoms with Crippen molar-refractivity contribution in [3.63, 3.8) is 0 Å². The first-order chi connectivity index (χ1) is 15.1. The number of fused-ring (bicyclic) bond motifs is 1. The number of rotatable bonds is 7. The van der Waals surface area contributed by atoms with E-state index in [1.54, 1.807) is 17.0 Å². The third-order valence-corrected chi connectivity index (χ3v) is 5.96. The Morgan fingerprint density at radius 2 is 1.91 bits per heavy atom. The number of aliphatic carboxylic acids is 1. The number of hydrogen-bond donors (Lipinski definition) is 2. The van der Waals surface area contributed by atoms with Crippen molar-refractivity contribution in [2.24, 2.45) is 0 Å². The monoisotopic (exact) mass is 460 g/mol. The van der Waals surface area contributed by atoms with E-state index in [4.69, 9.17) is 14.6 Å². The fraction of sp³-hybridized carbons (Fsp3) is 0.435. The highest BCUT2D eigenvalue weighted by Gasteiger charge is 2.27. The second-order valence-electron chi connectivity index (χ2n) is 8.54. The zero-order valence-corrected chi connectivity index (χ0v) is 19.3. The number of carbonyl (C=O) groups excluding carboxylic acids is 2. The van der Waals surface area contributed by atoms with E-state index in [1.807, 2.05) is 39.0 Å². The van der Waals surface area contributed by atoms with Crippen LogP contribution < -0.4 is 10.1 Å². The van der Waals surface area contributed by atoms with Crippen LogP contribution in [0.25, 0.3) is 0 Å². The van der Waals surface area contributed by atoms with Crippen molar-refractivity contribution < 1.29 is 29.0 Å². The lowest BCUT2D eigenvalue weighted by Gasteiger charge is -2.29. The van der Waals surface area contributed by atoms with Crippen molar-refractivity contribution in [2.45, 2.75) is 45.8 Å². The molecule has 0 spiro atoms. The predicted molar refractivity (Wildman–Crippen MR) is 120 cm³/mol. The summed E-state index contributed by atoms with van der Waals surface area (Å²) in [6, 6.07) is 8.98. The molecule has 1 aromatic carbocycles. The van der Waals surface area contributed by atoms with Crippen LogP contribution in [0.4, 0.5) is 4.79 Å². The maximum absolute atomic E-state index is 12.6. The second kappa shape index (κ2) is 10.0. The third kappa shape index (κ3) is 6.71. The zero-order chi connectivity index (χ0) is 23.3. The normalized spacial score (nSPS) is 13.3. The lowest BCUT2D eigenvalue weighted by atomic mass is 10.1. The van der Waals surface area contributed by atoms with E-state index in [0.717, 1.165) is 16.0 Å². The second-order valence-corrected chi connectivity index (χ2v) is 9.68. The number of carboxylic acid groups (broad SMARTS) is 1. The van der Waals surface area contributed by atoms with E-state index in [1.165, 1.54) is 11.3 Å². The number of thiophene rings is 1. The van der Waals surface area contributed by atoms with Crippen LogP contribution in [0.2, 0.25) is 0 Å². The lowest BCUT2D eigenvalue weighted by molar-refractivity contribution is -0.139. The smallest absolute Gasteiger partial charge is 0.410 e. The average Bonchev–Trinajstić information content (AvgIpc) is 3.15. The molecule has 3 rings (SSSR count). The molecule has 172 valence electrons. The summed E-state index contributed by atoms with van der Waals surface area (Å²) >= 11 is 1.47. The van der Waals surface area contributed by atoms with Gasteiger partial charge in [0.05, 0.1) is 11.4 Å². The molecule has 8 nitrogen and oxygen atoms in total. The van der Waals surface area contributed by atoms with Gasteiger partial charge in [0.2, 0.25) is 0 Å². The molecule has 32 heavy (non-hydrogen) atoms. The van der Waals surface area contributed by atoms with E-state index in [-0.39, 0.29) is 18.6 Å². The van der Waals surface area contributed by atoms with Gasteiger partial charge in [-0.2, -0.15) is 0 Å². The summed E-state index contributed by atoms with van der Waals surface area (Å²) < 4.78 is 10.6. The summed E-state index contributed by atoms with van der Waals surface area (Å²) in [6.45, 7) is 6.65. The largest absolute Gasteiger partial charge is 0.482 e. The molecule has 1 aromatic heterocycles. The van der Waals surface area contributed by atoms with Crippen LogP contribution in [0.3, 0.4) is 0 Å². The predicted octanol–water partition coefficient (Wildman–Crippen LogP) is 3.48. The van der Waals surface area contributed by atoms with Crippen molar-refractivity contribution in [1.82, 2.24) is 10.2 Å². The van der Waals surface area contributed by atoms with Crippen LogP contribution in [-0.2, 0) is 28.9 Å². The molecule has 2 aromatic rings. The minimum atomic E-state index is -1.02. The summed E-state index contributed by atoms with van der Waals surface area (Å²) in [5, 5.41) is 11.6. The number of benzene rings is 1. The number of nitrogens with zero attached hydrogens (tertiary/aromatic N) is 1. The fourth-order valence-corrected chi connectivity index (χ4v) is 4.31. The molecule has 0 fully saturated rings. The maximum atomic E-state index is 12.6. The quantitative estimate of drug-likeness (QED) is 0.656. The molecule has 0 saturated carbocycles. The highest BCUT2D eigenvalue weighted by Crippen LogP contribution is 2.29. The van der Waals surface area contributed by atoms with Gasteiger partial charge in [0.1, 0.15) is 11.4 Å². The van der Waals surface area contributed by atoms with Crippen LogP contribution in [0.15, 0.2) is 30.3 Å². The van der Waals surface area contributed by atoms with Gasteiger partial charge >= 0.3 is 12.1 Å². The minimum Gasteiger partial charge on any atom is -0.482 e. The number of ether oxygens (including phenoxy) is 2. The lowest BCUT2D eigenvalue weighted by Crippen LogP contribution is -2.39. The molecule has 0 atom stereocenters. The number of carbonyl (C=O) groups is 3. The summed E-state index contributed by atoms with van der Waals surface area (Å²) in [4.78, 5) is 38.9. The Bertz CT molecular complexity index is 977. The Balaban J connectivity index is 1.49. The van der Waals surface area contributed by atoms with Gasteiger partial charge in [0.25, 0.3) is 5.91 Å². The Kier molecular flexibility index (Phi) is 7.40. The molecule has 0 unspecified atom stereocenters. The van der Waals surface area contributed by atoms with Crippen LogP contribution >= 0.6 is 11.3 Å². The van der Waals surface area contributed by atoms with Crippen molar-refractivity contribution in [1.29, 1.82) is 0 Å². The van der Waals surface area contributed by atoms with Gasteiger partial charge < -0.3 is 24.8 Å².